The van der Waals surface area contributed by atoms with Crippen LogP contribution in [0.2, 0.25) is 0 Å². The molecule has 1 aromatic carbocycles. The lowest BCUT2D eigenvalue weighted by Gasteiger charge is -2.21. The highest BCUT2D eigenvalue weighted by atomic mass is 32.1. The molecule has 3 nitrogen and oxygen atoms in total. The molecule has 23 heavy (non-hydrogen) atoms. The minimum Gasteiger partial charge on any atom is -0.380 e. The van der Waals surface area contributed by atoms with Crippen molar-refractivity contribution >= 4 is 27.3 Å². The Balaban J connectivity index is 1.81. The van der Waals surface area contributed by atoms with Gasteiger partial charge in [-0.05, 0) is 30.9 Å². The lowest BCUT2D eigenvalue weighted by molar-refractivity contribution is 0.0943. The van der Waals surface area contributed by atoms with Gasteiger partial charge in [0.05, 0.1) is 11.5 Å². The SMILES string of the molecule is COCc1c(C(=O)NCC2CCCCC2)sc2cccc(F)c12. The summed E-state index contributed by atoms with van der Waals surface area (Å²) in [4.78, 5) is 13.2. The number of benzene rings is 1. The van der Waals surface area contributed by atoms with Crippen molar-refractivity contribution in [3.63, 3.8) is 0 Å². The van der Waals surface area contributed by atoms with Gasteiger partial charge in [0.1, 0.15) is 5.82 Å². The van der Waals surface area contributed by atoms with Crippen LogP contribution in [0.25, 0.3) is 10.1 Å². The Morgan fingerprint density at radius 1 is 1.35 bits per heavy atom. The van der Waals surface area contributed by atoms with E-state index in [9.17, 15) is 9.18 Å². The predicted molar refractivity (Wildman–Crippen MR) is 91.4 cm³/mol. The van der Waals surface area contributed by atoms with E-state index in [1.54, 1.807) is 13.2 Å². The van der Waals surface area contributed by atoms with E-state index in [0.717, 1.165) is 4.70 Å². The van der Waals surface area contributed by atoms with E-state index in [1.807, 2.05) is 6.07 Å². The van der Waals surface area contributed by atoms with Crippen molar-refractivity contribution < 1.29 is 13.9 Å². The summed E-state index contributed by atoms with van der Waals surface area (Å²) in [6, 6.07) is 4.95. The maximum Gasteiger partial charge on any atom is 0.261 e. The Bertz CT molecular complexity index is 692. The molecule has 3 rings (SSSR count). The van der Waals surface area contributed by atoms with E-state index in [4.69, 9.17) is 4.74 Å². The molecule has 5 heteroatoms. The van der Waals surface area contributed by atoms with E-state index in [-0.39, 0.29) is 18.3 Å². The number of nitrogens with one attached hydrogen (secondary N) is 1. The minimum absolute atomic E-state index is 0.108. The second-order valence-electron chi connectivity index (χ2n) is 6.17. The van der Waals surface area contributed by atoms with E-state index < -0.39 is 0 Å². The number of fused-ring (bicyclic) bond motifs is 1. The van der Waals surface area contributed by atoms with Gasteiger partial charge in [-0.25, -0.2) is 4.39 Å². The van der Waals surface area contributed by atoms with Gasteiger partial charge < -0.3 is 10.1 Å². The standard InChI is InChI=1S/C18H22FNO2S/c1-22-11-13-16-14(19)8-5-9-15(16)23-17(13)18(21)20-10-12-6-3-2-4-7-12/h5,8-9,12H,2-4,6-7,10-11H2,1H3,(H,20,21). The van der Waals surface area contributed by atoms with E-state index in [1.165, 1.54) is 49.5 Å². The number of carbonyl (C=O) groups is 1. The highest BCUT2D eigenvalue weighted by Gasteiger charge is 2.21. The van der Waals surface area contributed by atoms with Crippen molar-refractivity contribution in [2.75, 3.05) is 13.7 Å². The van der Waals surface area contributed by atoms with Crippen molar-refractivity contribution in [2.24, 2.45) is 5.92 Å². The van der Waals surface area contributed by atoms with Gasteiger partial charge in [0.2, 0.25) is 0 Å². The summed E-state index contributed by atoms with van der Waals surface area (Å²) in [5.74, 6) is 0.171. The summed E-state index contributed by atoms with van der Waals surface area (Å²) in [5.41, 5.74) is 0.659. The topological polar surface area (TPSA) is 38.3 Å². The first kappa shape index (κ1) is 16.4. The van der Waals surface area contributed by atoms with Gasteiger partial charge in [-0.2, -0.15) is 0 Å². The zero-order valence-electron chi connectivity index (χ0n) is 13.4. The predicted octanol–water partition coefficient (Wildman–Crippen LogP) is 4.50. The molecule has 0 unspecified atom stereocenters. The Labute approximate surface area is 139 Å². The summed E-state index contributed by atoms with van der Waals surface area (Å²) < 4.78 is 20.1. The maximum atomic E-state index is 14.1. The number of thiophene rings is 1. The van der Waals surface area contributed by atoms with Gasteiger partial charge in [-0.3, -0.25) is 4.79 Å². The number of hydrogen-bond donors (Lipinski definition) is 1. The molecule has 0 aliphatic heterocycles. The molecular formula is C18H22FNO2S. The smallest absolute Gasteiger partial charge is 0.261 e. The van der Waals surface area contributed by atoms with Gasteiger partial charge in [0.15, 0.2) is 0 Å². The van der Waals surface area contributed by atoms with Crippen LogP contribution in [-0.4, -0.2) is 19.6 Å². The van der Waals surface area contributed by atoms with Crippen molar-refractivity contribution in [2.45, 2.75) is 38.7 Å². The quantitative estimate of drug-likeness (QED) is 0.874. The molecule has 1 aliphatic carbocycles. The van der Waals surface area contributed by atoms with Crippen molar-refractivity contribution in [1.82, 2.24) is 5.32 Å². The Morgan fingerprint density at radius 3 is 2.87 bits per heavy atom. The molecule has 0 bridgehead atoms. The van der Waals surface area contributed by atoms with Crippen molar-refractivity contribution in [3.8, 4) is 0 Å². The van der Waals surface area contributed by atoms with Crippen LogP contribution >= 0.6 is 11.3 Å². The van der Waals surface area contributed by atoms with Crippen LogP contribution < -0.4 is 5.32 Å². The lowest BCUT2D eigenvalue weighted by atomic mass is 9.89. The molecule has 2 aromatic rings. The van der Waals surface area contributed by atoms with E-state index in [2.05, 4.69) is 5.32 Å². The van der Waals surface area contributed by atoms with Crippen molar-refractivity contribution in [1.29, 1.82) is 0 Å². The largest absolute Gasteiger partial charge is 0.380 e. The first-order chi connectivity index (χ1) is 11.2. The molecular weight excluding hydrogens is 313 g/mol. The molecule has 1 N–H and O–H groups in total. The van der Waals surface area contributed by atoms with Gasteiger partial charge in [-0.1, -0.05) is 25.3 Å². The molecule has 124 valence electrons. The minimum atomic E-state index is -0.294. The second-order valence-corrected chi connectivity index (χ2v) is 7.22. The second kappa shape index (κ2) is 7.41. The van der Waals surface area contributed by atoms with Gasteiger partial charge >= 0.3 is 0 Å². The van der Waals surface area contributed by atoms with Crippen LogP contribution in [0.4, 0.5) is 4.39 Å². The van der Waals surface area contributed by atoms with Crippen LogP contribution in [0.15, 0.2) is 18.2 Å². The lowest BCUT2D eigenvalue weighted by Crippen LogP contribution is -2.30. The average molecular weight is 335 g/mol. The first-order valence-electron chi connectivity index (χ1n) is 8.17. The molecule has 1 amide bonds. The van der Waals surface area contributed by atoms with Gasteiger partial charge in [-0.15, -0.1) is 11.3 Å². The Morgan fingerprint density at radius 2 is 2.13 bits per heavy atom. The third-order valence-electron chi connectivity index (χ3n) is 4.53. The molecule has 1 aliphatic rings. The maximum absolute atomic E-state index is 14.1. The summed E-state index contributed by atoms with van der Waals surface area (Å²) in [6.07, 6.45) is 6.18. The molecule has 1 aromatic heterocycles. The normalized spacial score (nSPS) is 15.9. The number of rotatable bonds is 5. The molecule has 0 radical (unpaired) electrons. The summed E-state index contributed by atoms with van der Waals surface area (Å²) in [6.45, 7) is 0.953. The number of carbonyl (C=O) groups excluding carboxylic acids is 1. The summed E-state index contributed by atoms with van der Waals surface area (Å²) in [5, 5.41) is 3.56. The zero-order chi connectivity index (χ0) is 16.2. The Kier molecular flexibility index (Phi) is 5.28. The fraction of sp³-hybridized carbons (Fsp3) is 0.500. The van der Waals surface area contributed by atoms with Crippen LogP contribution in [0.1, 0.15) is 47.3 Å². The zero-order valence-corrected chi connectivity index (χ0v) is 14.2. The van der Waals surface area contributed by atoms with Crippen LogP contribution in [0, 0.1) is 11.7 Å². The fourth-order valence-corrected chi connectivity index (χ4v) is 4.48. The first-order valence-corrected chi connectivity index (χ1v) is 8.99. The fourth-order valence-electron chi connectivity index (χ4n) is 3.34. The number of halogens is 1. The molecule has 0 spiro atoms. The summed E-state index contributed by atoms with van der Waals surface area (Å²) in [7, 11) is 1.56. The van der Waals surface area contributed by atoms with Gasteiger partial charge in [0.25, 0.3) is 5.91 Å². The highest BCUT2D eigenvalue weighted by Crippen LogP contribution is 2.34. The van der Waals surface area contributed by atoms with Crippen molar-refractivity contribution in [3.05, 3.63) is 34.5 Å². The highest BCUT2D eigenvalue weighted by molar-refractivity contribution is 7.21. The number of amides is 1. The average Bonchev–Trinajstić information content (AvgIpc) is 2.94. The molecule has 0 atom stereocenters. The van der Waals surface area contributed by atoms with E-state index >= 15 is 0 Å². The molecule has 0 saturated heterocycles. The number of hydrogen-bond acceptors (Lipinski definition) is 3. The monoisotopic (exact) mass is 335 g/mol. The van der Waals surface area contributed by atoms with Crippen LogP contribution in [0.3, 0.4) is 0 Å². The molecule has 1 heterocycles. The summed E-state index contributed by atoms with van der Waals surface area (Å²) >= 11 is 1.34. The molecule has 1 saturated carbocycles. The number of methoxy groups -OCH3 is 1. The third-order valence-corrected chi connectivity index (χ3v) is 5.73. The molecule has 1 fully saturated rings. The Hall–Kier alpha value is -1.46. The van der Waals surface area contributed by atoms with Crippen LogP contribution in [0.5, 0.6) is 0 Å². The number of ether oxygens (including phenoxy) is 1. The van der Waals surface area contributed by atoms with Crippen LogP contribution in [-0.2, 0) is 11.3 Å². The third kappa shape index (κ3) is 3.56. The van der Waals surface area contributed by atoms with E-state index in [0.29, 0.717) is 28.3 Å². The van der Waals surface area contributed by atoms with Gasteiger partial charge in [0, 0.05) is 29.3 Å².